The highest BCUT2D eigenvalue weighted by atomic mass is 15.0. The number of hydrogen-bond donors (Lipinski definition) is 0. The van der Waals surface area contributed by atoms with Crippen molar-refractivity contribution in [2.45, 2.75) is 26.2 Å². The molecule has 0 aliphatic carbocycles. The predicted octanol–water partition coefficient (Wildman–Crippen LogP) is 12.9. The van der Waals surface area contributed by atoms with Crippen molar-refractivity contribution in [1.29, 1.82) is 0 Å². The SMILES string of the molecule is CC(C)(C)c1ccc2c(-n3c4ccccc4c4ccccc43)c3ccccc3c(-c3cc4ccccc4cc3-c3ccccc3)c2c1. The van der Waals surface area contributed by atoms with Gasteiger partial charge in [0.05, 0.1) is 16.7 Å². The average molecular weight is 602 g/mol. The van der Waals surface area contributed by atoms with Gasteiger partial charge in [0.1, 0.15) is 0 Å². The minimum Gasteiger partial charge on any atom is -0.308 e. The molecule has 0 radical (unpaired) electrons. The van der Waals surface area contributed by atoms with Gasteiger partial charge in [-0.25, -0.2) is 0 Å². The second-order valence-corrected chi connectivity index (χ2v) is 13.8. The number of benzene rings is 8. The van der Waals surface area contributed by atoms with Crippen molar-refractivity contribution in [3.63, 3.8) is 0 Å². The van der Waals surface area contributed by atoms with Crippen LogP contribution in [0, 0.1) is 0 Å². The average Bonchev–Trinajstić information content (AvgIpc) is 3.44. The van der Waals surface area contributed by atoms with Crippen LogP contribution in [0.1, 0.15) is 26.3 Å². The van der Waals surface area contributed by atoms with E-state index in [2.05, 4.69) is 183 Å². The van der Waals surface area contributed by atoms with Gasteiger partial charge in [-0.2, -0.15) is 0 Å². The molecule has 0 unspecified atom stereocenters. The summed E-state index contributed by atoms with van der Waals surface area (Å²) < 4.78 is 2.51. The minimum atomic E-state index is -0.00421. The molecule has 1 nitrogen and oxygen atoms in total. The van der Waals surface area contributed by atoms with Crippen LogP contribution >= 0.6 is 0 Å². The van der Waals surface area contributed by atoms with Crippen LogP contribution < -0.4 is 0 Å². The maximum atomic E-state index is 2.51. The van der Waals surface area contributed by atoms with Crippen LogP contribution in [0.3, 0.4) is 0 Å². The van der Waals surface area contributed by atoms with Crippen LogP contribution in [0.5, 0.6) is 0 Å². The van der Waals surface area contributed by atoms with Crippen molar-refractivity contribution in [3.05, 3.63) is 163 Å². The minimum absolute atomic E-state index is 0.00421. The van der Waals surface area contributed by atoms with Gasteiger partial charge >= 0.3 is 0 Å². The van der Waals surface area contributed by atoms with E-state index < -0.39 is 0 Å². The molecule has 0 saturated carbocycles. The lowest BCUT2D eigenvalue weighted by Gasteiger charge is -2.24. The summed E-state index contributed by atoms with van der Waals surface area (Å²) in [7, 11) is 0. The molecule has 0 aliphatic rings. The van der Waals surface area contributed by atoms with E-state index in [4.69, 9.17) is 0 Å². The normalized spacial score (nSPS) is 12.1. The molecule has 1 aromatic heterocycles. The monoisotopic (exact) mass is 601 g/mol. The Kier molecular flexibility index (Phi) is 6.14. The molecule has 0 fully saturated rings. The maximum Gasteiger partial charge on any atom is 0.0619 e. The fourth-order valence-corrected chi connectivity index (χ4v) is 7.62. The van der Waals surface area contributed by atoms with E-state index in [0.717, 1.165) is 0 Å². The molecule has 0 aliphatic heterocycles. The number of aromatic nitrogens is 1. The molecule has 1 heterocycles. The third kappa shape index (κ3) is 4.31. The molecule has 0 amide bonds. The number of rotatable bonds is 3. The zero-order chi connectivity index (χ0) is 31.7. The first-order valence-corrected chi connectivity index (χ1v) is 16.5. The van der Waals surface area contributed by atoms with Gasteiger partial charge in [-0.05, 0) is 85.1 Å². The van der Waals surface area contributed by atoms with E-state index in [0.29, 0.717) is 0 Å². The lowest BCUT2D eigenvalue weighted by atomic mass is 9.81. The van der Waals surface area contributed by atoms with Crippen molar-refractivity contribution in [1.82, 2.24) is 4.57 Å². The summed E-state index contributed by atoms with van der Waals surface area (Å²) >= 11 is 0. The predicted molar refractivity (Wildman–Crippen MR) is 203 cm³/mol. The van der Waals surface area contributed by atoms with Gasteiger partial charge in [0.2, 0.25) is 0 Å². The summed E-state index contributed by atoms with van der Waals surface area (Å²) in [6, 6.07) is 58.3. The lowest BCUT2D eigenvalue weighted by Crippen LogP contribution is -2.11. The fourth-order valence-electron chi connectivity index (χ4n) is 7.62. The van der Waals surface area contributed by atoms with Gasteiger partial charge in [0.15, 0.2) is 0 Å². The number of hydrogen-bond acceptors (Lipinski definition) is 0. The van der Waals surface area contributed by atoms with Gasteiger partial charge in [-0.1, -0.05) is 148 Å². The van der Waals surface area contributed by atoms with Crippen LogP contribution in [0.25, 0.3) is 82.1 Å². The van der Waals surface area contributed by atoms with Gasteiger partial charge in [-0.3, -0.25) is 0 Å². The lowest BCUT2D eigenvalue weighted by molar-refractivity contribution is 0.591. The summed E-state index contributed by atoms with van der Waals surface area (Å²) in [6.07, 6.45) is 0. The Labute approximate surface area is 275 Å². The van der Waals surface area contributed by atoms with Gasteiger partial charge in [-0.15, -0.1) is 0 Å². The van der Waals surface area contributed by atoms with Gasteiger partial charge in [0, 0.05) is 21.5 Å². The third-order valence-electron chi connectivity index (χ3n) is 9.91. The van der Waals surface area contributed by atoms with Crippen molar-refractivity contribution >= 4 is 54.1 Å². The molecule has 0 N–H and O–H groups in total. The van der Waals surface area contributed by atoms with Gasteiger partial charge in [0.25, 0.3) is 0 Å². The maximum absolute atomic E-state index is 2.51. The van der Waals surface area contributed by atoms with Crippen molar-refractivity contribution < 1.29 is 0 Å². The molecule has 9 aromatic rings. The van der Waals surface area contributed by atoms with Crippen LogP contribution in [0.4, 0.5) is 0 Å². The summed E-state index contributed by atoms with van der Waals surface area (Å²) in [5, 5.41) is 10.1. The van der Waals surface area contributed by atoms with E-state index in [1.807, 2.05) is 0 Å². The Morgan fingerprint density at radius 2 is 0.915 bits per heavy atom. The molecule has 0 saturated heterocycles. The van der Waals surface area contributed by atoms with E-state index in [-0.39, 0.29) is 5.41 Å². The molecule has 47 heavy (non-hydrogen) atoms. The Bertz CT molecular complexity index is 2600. The molecule has 0 bridgehead atoms. The molecule has 0 spiro atoms. The topological polar surface area (TPSA) is 4.93 Å². The molecule has 224 valence electrons. The molecule has 0 atom stereocenters. The number of para-hydroxylation sites is 2. The van der Waals surface area contributed by atoms with Crippen molar-refractivity contribution in [2.24, 2.45) is 0 Å². The Morgan fingerprint density at radius 1 is 0.404 bits per heavy atom. The molecular weight excluding hydrogens is 567 g/mol. The van der Waals surface area contributed by atoms with E-state index in [9.17, 15) is 0 Å². The van der Waals surface area contributed by atoms with E-state index in [1.165, 1.54) is 87.6 Å². The number of nitrogens with zero attached hydrogens (tertiary/aromatic N) is 1. The zero-order valence-electron chi connectivity index (χ0n) is 27.0. The summed E-state index contributed by atoms with van der Waals surface area (Å²) in [5.41, 5.74) is 10.0. The van der Waals surface area contributed by atoms with E-state index in [1.54, 1.807) is 0 Å². The molecule has 8 aromatic carbocycles. The first-order valence-electron chi connectivity index (χ1n) is 16.5. The highest BCUT2D eigenvalue weighted by Crippen LogP contribution is 2.47. The highest BCUT2D eigenvalue weighted by Gasteiger charge is 2.24. The number of fused-ring (bicyclic) bond motifs is 6. The summed E-state index contributed by atoms with van der Waals surface area (Å²) in [6.45, 7) is 6.94. The highest BCUT2D eigenvalue weighted by molar-refractivity contribution is 6.22. The molecular formula is C46H35N. The first-order chi connectivity index (χ1) is 23.0. The summed E-state index contributed by atoms with van der Waals surface area (Å²) in [5.74, 6) is 0. The van der Waals surface area contributed by atoms with E-state index >= 15 is 0 Å². The zero-order valence-corrected chi connectivity index (χ0v) is 27.0. The van der Waals surface area contributed by atoms with Gasteiger partial charge < -0.3 is 4.57 Å². The second-order valence-electron chi connectivity index (χ2n) is 13.8. The van der Waals surface area contributed by atoms with Crippen LogP contribution in [-0.2, 0) is 5.41 Å². The Morgan fingerprint density at radius 3 is 1.55 bits per heavy atom. The van der Waals surface area contributed by atoms with Crippen LogP contribution in [0.2, 0.25) is 0 Å². The van der Waals surface area contributed by atoms with Crippen molar-refractivity contribution in [3.8, 4) is 27.9 Å². The quantitative estimate of drug-likeness (QED) is 0.178. The molecule has 1 heteroatoms. The smallest absolute Gasteiger partial charge is 0.0619 e. The molecule has 9 rings (SSSR count). The van der Waals surface area contributed by atoms with Crippen LogP contribution in [0.15, 0.2) is 158 Å². The third-order valence-corrected chi connectivity index (χ3v) is 9.91. The first kappa shape index (κ1) is 27.6. The largest absolute Gasteiger partial charge is 0.308 e. The van der Waals surface area contributed by atoms with Crippen molar-refractivity contribution in [2.75, 3.05) is 0 Å². The fraction of sp³-hybridized carbons (Fsp3) is 0.0870. The Balaban J connectivity index is 1.51. The Hall–Kier alpha value is -5.66. The summed E-state index contributed by atoms with van der Waals surface area (Å²) in [4.78, 5) is 0. The van der Waals surface area contributed by atoms with Crippen LogP contribution in [-0.4, -0.2) is 4.57 Å². The standard InChI is InChI=1S/C46H35N/c1-46(2,3)33-25-26-38-41(29-33)44(40-28-32-18-8-7-17-31(32)27-39(40)30-15-5-4-6-16-30)36-21-9-10-22-37(36)45(38)47-42-23-13-11-19-34(42)35-20-12-14-24-43(35)47/h4-29H,1-3H3. The second kappa shape index (κ2) is 10.4.